The smallest absolute Gasteiger partial charge is 0.790 e. The Morgan fingerprint density at radius 3 is 2.10 bits per heavy atom. The monoisotopic (exact) mass is 476 g/mol. The molecule has 1 aliphatic rings. The molecular formula is C9H11Li4N2O13P3. The van der Waals surface area contributed by atoms with E-state index in [9.17, 15) is 42.9 Å². The molecule has 0 saturated carbocycles. The second-order valence-corrected chi connectivity index (χ2v) is 9.36. The van der Waals surface area contributed by atoms with E-state index in [-0.39, 0.29) is 88.3 Å². The first-order chi connectivity index (χ1) is 12.3. The minimum absolute atomic E-state index is 0. The molecule has 31 heavy (non-hydrogen) atoms. The second-order valence-electron chi connectivity index (χ2n) is 5.11. The van der Waals surface area contributed by atoms with E-state index in [0.717, 1.165) is 10.6 Å². The van der Waals surface area contributed by atoms with Gasteiger partial charge in [0, 0.05) is 12.3 Å². The van der Waals surface area contributed by atoms with Crippen molar-refractivity contribution in [2.24, 2.45) is 0 Å². The van der Waals surface area contributed by atoms with Crippen molar-refractivity contribution in [1.82, 2.24) is 9.55 Å². The van der Waals surface area contributed by atoms with Gasteiger partial charge < -0.3 is 33.4 Å². The summed E-state index contributed by atoms with van der Waals surface area (Å²) in [5.74, 6) is 0. The van der Waals surface area contributed by atoms with Gasteiger partial charge in [0.2, 0.25) is 0 Å². The molecule has 1 fully saturated rings. The Bertz CT molecular complexity index is 951. The second kappa shape index (κ2) is 14.8. The third-order valence-electron chi connectivity index (χ3n) is 3.07. The van der Waals surface area contributed by atoms with E-state index in [1.165, 1.54) is 6.20 Å². The SMILES string of the molecule is O=c1ccn(C2CCC(COP(=O)([O-])OP(=O)([O-])OP(=O)([O-])[O-])O2)c(=O)[nH]1.[Li+].[Li+].[Li+].[Li+]. The van der Waals surface area contributed by atoms with Crippen LogP contribution in [-0.4, -0.2) is 22.3 Å². The molecular weight excluding hydrogens is 465 g/mol. The van der Waals surface area contributed by atoms with Gasteiger partial charge in [-0.25, -0.2) is 9.11 Å². The van der Waals surface area contributed by atoms with Crippen molar-refractivity contribution in [2.45, 2.75) is 25.2 Å². The number of nitrogens with one attached hydrogen (secondary N) is 1. The van der Waals surface area contributed by atoms with Gasteiger partial charge in [-0.05, 0) is 12.8 Å². The Hall–Kier alpha value is 1.44. The van der Waals surface area contributed by atoms with Crippen LogP contribution in [0.5, 0.6) is 0 Å². The zero-order valence-corrected chi connectivity index (χ0v) is 19.7. The topological polar surface area (TPSA) is 235 Å². The largest absolute Gasteiger partial charge is 1.00 e. The number of phosphoric acid groups is 3. The van der Waals surface area contributed by atoms with Gasteiger partial charge in [-0.1, -0.05) is 0 Å². The van der Waals surface area contributed by atoms with Crippen molar-refractivity contribution in [1.29, 1.82) is 0 Å². The zero-order chi connectivity index (χ0) is 20.5. The molecule has 0 spiro atoms. The molecule has 2 heterocycles. The summed E-state index contributed by atoms with van der Waals surface area (Å²) in [6, 6.07) is 1.07. The Morgan fingerprint density at radius 1 is 1.00 bits per heavy atom. The van der Waals surface area contributed by atoms with Crippen LogP contribution in [0.2, 0.25) is 0 Å². The third kappa shape index (κ3) is 13.2. The Balaban J connectivity index is -0.00000196. The molecule has 1 N–H and O–H groups in total. The molecule has 154 valence electrons. The molecule has 1 aliphatic heterocycles. The zero-order valence-electron chi connectivity index (χ0n) is 17.0. The standard InChI is InChI=1S/C9H15N2O13P3.4Li/c12-7-3-4-11(9(13)10-7)8-2-1-6(22-8)5-21-26(17,18)24-27(19,20)23-25(14,15)16;;;;/h3-4,6,8H,1-2,5H2,(H,17,18)(H,19,20)(H,10,12,13)(H2,14,15,16);;;;/q;4*+1/p-4. The molecule has 0 amide bonds. The molecule has 0 bridgehead atoms. The molecule has 0 aromatic carbocycles. The van der Waals surface area contributed by atoms with Crippen molar-refractivity contribution in [3.05, 3.63) is 33.1 Å². The average molecular weight is 476 g/mol. The van der Waals surface area contributed by atoms with E-state index in [0.29, 0.717) is 0 Å². The van der Waals surface area contributed by atoms with Crippen molar-refractivity contribution < 1.29 is 127 Å². The summed E-state index contributed by atoms with van der Waals surface area (Å²) in [6.07, 6.45) is -0.139. The summed E-state index contributed by atoms with van der Waals surface area (Å²) in [5.41, 5.74) is -1.38. The molecule has 2 rings (SSSR count). The summed E-state index contributed by atoms with van der Waals surface area (Å²) in [5, 5.41) is 0. The van der Waals surface area contributed by atoms with Crippen molar-refractivity contribution in [3.63, 3.8) is 0 Å². The van der Waals surface area contributed by atoms with Crippen LogP contribution in [0.15, 0.2) is 21.9 Å². The number of hydrogen-bond donors (Lipinski definition) is 1. The molecule has 1 aromatic rings. The van der Waals surface area contributed by atoms with Crippen molar-refractivity contribution in [3.8, 4) is 0 Å². The van der Waals surface area contributed by atoms with Crippen LogP contribution < -0.4 is 106 Å². The number of aromatic amines is 1. The number of rotatable bonds is 8. The quantitative estimate of drug-likeness (QED) is 0.271. The van der Waals surface area contributed by atoms with Gasteiger partial charge in [0.05, 0.1) is 20.5 Å². The van der Waals surface area contributed by atoms with Crippen molar-refractivity contribution in [2.75, 3.05) is 6.61 Å². The van der Waals surface area contributed by atoms with Gasteiger partial charge in [-0.15, -0.1) is 0 Å². The van der Waals surface area contributed by atoms with E-state index < -0.39 is 53.7 Å². The molecule has 4 unspecified atom stereocenters. The summed E-state index contributed by atoms with van der Waals surface area (Å²) in [6.45, 7) is -0.734. The van der Waals surface area contributed by atoms with E-state index in [1.807, 2.05) is 4.98 Å². The maximum absolute atomic E-state index is 11.6. The van der Waals surface area contributed by atoms with Gasteiger partial charge in [0.15, 0.2) is 0 Å². The van der Waals surface area contributed by atoms with E-state index >= 15 is 0 Å². The van der Waals surface area contributed by atoms with Crippen molar-refractivity contribution >= 4 is 23.5 Å². The molecule has 4 atom stereocenters. The van der Waals surface area contributed by atoms with Gasteiger partial charge >= 0.3 is 81.1 Å². The Morgan fingerprint density at radius 2 is 1.58 bits per heavy atom. The molecule has 0 aliphatic carbocycles. The molecule has 1 aromatic heterocycles. The maximum atomic E-state index is 11.6. The maximum Gasteiger partial charge on any atom is 1.00 e. The first-order valence-electron chi connectivity index (χ1n) is 6.95. The Kier molecular flexibility index (Phi) is 17.6. The van der Waals surface area contributed by atoms with Gasteiger partial charge in [0.25, 0.3) is 21.2 Å². The molecule has 15 nitrogen and oxygen atoms in total. The summed E-state index contributed by atoms with van der Waals surface area (Å²) in [4.78, 5) is 67.5. The predicted molar refractivity (Wildman–Crippen MR) is 75.4 cm³/mol. The number of hydrogen-bond acceptors (Lipinski definition) is 13. The van der Waals surface area contributed by atoms with Crippen LogP contribution in [-0.2, 0) is 31.6 Å². The predicted octanol–water partition coefficient (Wildman–Crippen LogP) is -15.0. The first kappa shape index (κ1) is 37.0. The Labute approximate surface area is 223 Å². The fourth-order valence-electron chi connectivity index (χ4n) is 2.13. The van der Waals surface area contributed by atoms with Crippen LogP contribution in [0.1, 0.15) is 19.1 Å². The van der Waals surface area contributed by atoms with Crippen LogP contribution in [0, 0.1) is 0 Å². The van der Waals surface area contributed by atoms with Crippen LogP contribution in [0.25, 0.3) is 0 Å². The first-order valence-corrected chi connectivity index (χ1v) is 11.3. The number of H-pyrrole nitrogens is 1. The van der Waals surface area contributed by atoms with Gasteiger partial charge in [-0.2, -0.15) is 0 Å². The average Bonchev–Trinajstić information content (AvgIpc) is 2.90. The number of ether oxygens (including phenoxy) is 1. The number of nitrogens with zero attached hydrogens (tertiary/aromatic N) is 1. The number of aromatic nitrogens is 2. The van der Waals surface area contributed by atoms with E-state index in [2.05, 4.69) is 13.1 Å². The molecule has 22 heteroatoms. The fourth-order valence-corrected chi connectivity index (χ4v) is 5.01. The van der Waals surface area contributed by atoms with Crippen LogP contribution >= 0.6 is 23.5 Å². The minimum Gasteiger partial charge on any atom is -0.790 e. The molecule has 0 radical (unpaired) electrons. The van der Waals surface area contributed by atoms with E-state index in [4.69, 9.17) is 4.74 Å². The van der Waals surface area contributed by atoms with Crippen LogP contribution in [0.4, 0.5) is 0 Å². The number of phosphoric ester groups is 1. The van der Waals surface area contributed by atoms with Gasteiger partial charge in [-0.3, -0.25) is 27.8 Å². The minimum atomic E-state index is -6.06. The van der Waals surface area contributed by atoms with Crippen LogP contribution in [0.3, 0.4) is 0 Å². The third-order valence-corrected chi connectivity index (χ3v) is 6.73. The fraction of sp³-hybridized carbons (Fsp3) is 0.556. The summed E-state index contributed by atoms with van der Waals surface area (Å²) < 4.78 is 49.8. The summed E-state index contributed by atoms with van der Waals surface area (Å²) in [7, 11) is -17.7. The summed E-state index contributed by atoms with van der Waals surface area (Å²) >= 11 is 0. The molecule has 1 saturated heterocycles. The van der Waals surface area contributed by atoms with E-state index in [1.54, 1.807) is 0 Å². The normalized spacial score (nSPS) is 21.8. The van der Waals surface area contributed by atoms with Gasteiger partial charge in [0.1, 0.15) is 6.23 Å².